The summed E-state index contributed by atoms with van der Waals surface area (Å²) in [4.78, 5) is 0. The van der Waals surface area contributed by atoms with Crippen LogP contribution in [0, 0.1) is 12.7 Å². The van der Waals surface area contributed by atoms with Crippen LogP contribution < -0.4 is 0 Å². The van der Waals surface area contributed by atoms with Crippen LogP contribution in [0.5, 0.6) is 0 Å². The lowest BCUT2D eigenvalue weighted by Gasteiger charge is -2.17. The molecule has 0 radical (unpaired) electrons. The van der Waals surface area contributed by atoms with Gasteiger partial charge in [0.15, 0.2) is 0 Å². The van der Waals surface area contributed by atoms with E-state index in [1.807, 2.05) is 0 Å². The molecule has 0 heterocycles. The van der Waals surface area contributed by atoms with Gasteiger partial charge in [-0.05, 0) is 38.0 Å². The fourth-order valence-corrected chi connectivity index (χ4v) is 1.32. The summed E-state index contributed by atoms with van der Waals surface area (Å²) in [6, 6.07) is 4.92. The zero-order valence-electron chi connectivity index (χ0n) is 8.26. The van der Waals surface area contributed by atoms with Crippen molar-refractivity contribution in [2.75, 3.05) is 0 Å². The van der Waals surface area contributed by atoms with E-state index < -0.39 is 5.60 Å². The Morgan fingerprint density at radius 1 is 1.38 bits per heavy atom. The van der Waals surface area contributed by atoms with Crippen molar-refractivity contribution in [1.29, 1.82) is 0 Å². The third kappa shape index (κ3) is 3.15. The molecule has 0 unspecified atom stereocenters. The molecular weight excluding hydrogens is 167 g/mol. The van der Waals surface area contributed by atoms with Crippen molar-refractivity contribution in [1.82, 2.24) is 0 Å². The molecule has 0 aliphatic rings. The number of hydrogen-bond acceptors (Lipinski definition) is 1. The molecule has 0 amide bonds. The highest BCUT2D eigenvalue weighted by molar-refractivity contribution is 5.24. The van der Waals surface area contributed by atoms with Crippen LogP contribution in [-0.2, 0) is 6.42 Å². The molecule has 0 aromatic heterocycles. The van der Waals surface area contributed by atoms with Gasteiger partial charge in [-0.2, -0.15) is 0 Å². The molecular formula is C11H15FO. The highest BCUT2D eigenvalue weighted by atomic mass is 19.1. The Morgan fingerprint density at radius 3 is 2.46 bits per heavy atom. The van der Waals surface area contributed by atoms with Gasteiger partial charge in [0.1, 0.15) is 5.82 Å². The highest BCUT2D eigenvalue weighted by Gasteiger charge is 2.13. The van der Waals surface area contributed by atoms with Crippen LogP contribution >= 0.6 is 0 Å². The fourth-order valence-electron chi connectivity index (χ4n) is 1.32. The van der Waals surface area contributed by atoms with E-state index in [1.54, 1.807) is 32.9 Å². The zero-order chi connectivity index (χ0) is 10.1. The van der Waals surface area contributed by atoms with E-state index in [-0.39, 0.29) is 5.82 Å². The molecule has 13 heavy (non-hydrogen) atoms. The molecule has 1 aromatic rings. The van der Waals surface area contributed by atoms with E-state index in [1.165, 1.54) is 6.07 Å². The normalized spacial score (nSPS) is 11.8. The molecule has 0 spiro atoms. The lowest BCUT2D eigenvalue weighted by atomic mass is 9.97. The molecule has 0 saturated heterocycles. The van der Waals surface area contributed by atoms with Crippen molar-refractivity contribution in [2.24, 2.45) is 0 Å². The van der Waals surface area contributed by atoms with Crippen molar-refractivity contribution in [3.63, 3.8) is 0 Å². The Morgan fingerprint density at radius 2 is 2.00 bits per heavy atom. The Labute approximate surface area is 78.2 Å². The van der Waals surface area contributed by atoms with E-state index in [0.29, 0.717) is 12.0 Å². The number of hydrogen-bond donors (Lipinski definition) is 1. The number of rotatable bonds is 2. The number of aliphatic hydroxyl groups is 1. The van der Waals surface area contributed by atoms with Crippen LogP contribution in [0.2, 0.25) is 0 Å². The standard InChI is InChI=1S/C11H15FO/c1-8-6-9(4-5-10(8)12)7-11(2,3)13/h4-6,13H,7H2,1-3H3. The summed E-state index contributed by atoms with van der Waals surface area (Å²) < 4.78 is 12.9. The van der Waals surface area contributed by atoms with Gasteiger partial charge in [0, 0.05) is 6.42 Å². The quantitative estimate of drug-likeness (QED) is 0.744. The van der Waals surface area contributed by atoms with Crippen molar-refractivity contribution in [2.45, 2.75) is 32.8 Å². The Balaban J connectivity index is 2.86. The van der Waals surface area contributed by atoms with Crippen molar-refractivity contribution in [3.05, 3.63) is 35.1 Å². The molecule has 72 valence electrons. The summed E-state index contributed by atoms with van der Waals surface area (Å²) in [5, 5.41) is 9.54. The molecule has 0 aliphatic heterocycles. The number of aryl methyl sites for hydroxylation is 1. The lowest BCUT2D eigenvalue weighted by Crippen LogP contribution is -2.21. The van der Waals surface area contributed by atoms with Gasteiger partial charge in [-0.3, -0.25) is 0 Å². The topological polar surface area (TPSA) is 20.2 Å². The average Bonchev–Trinajstić information content (AvgIpc) is 1.94. The zero-order valence-corrected chi connectivity index (χ0v) is 8.26. The minimum Gasteiger partial charge on any atom is -0.390 e. The van der Waals surface area contributed by atoms with Crippen LogP contribution in [0.4, 0.5) is 4.39 Å². The van der Waals surface area contributed by atoms with Gasteiger partial charge >= 0.3 is 0 Å². The maximum absolute atomic E-state index is 12.9. The predicted molar refractivity (Wildman–Crippen MR) is 51.1 cm³/mol. The molecule has 0 saturated carbocycles. The van der Waals surface area contributed by atoms with Gasteiger partial charge in [-0.1, -0.05) is 12.1 Å². The first-order valence-corrected chi connectivity index (χ1v) is 4.36. The Hall–Kier alpha value is -0.890. The monoisotopic (exact) mass is 182 g/mol. The fraction of sp³-hybridized carbons (Fsp3) is 0.455. The molecule has 0 bridgehead atoms. The minimum atomic E-state index is -0.732. The van der Waals surface area contributed by atoms with Gasteiger partial charge in [0.05, 0.1) is 5.60 Å². The van der Waals surface area contributed by atoms with Crippen LogP contribution in [0.3, 0.4) is 0 Å². The second kappa shape index (κ2) is 3.46. The van der Waals surface area contributed by atoms with E-state index in [4.69, 9.17) is 0 Å². The minimum absolute atomic E-state index is 0.195. The highest BCUT2D eigenvalue weighted by Crippen LogP contribution is 2.15. The molecule has 0 atom stereocenters. The van der Waals surface area contributed by atoms with Crippen LogP contribution in [0.25, 0.3) is 0 Å². The second-order valence-corrected chi connectivity index (χ2v) is 4.07. The summed E-state index contributed by atoms with van der Waals surface area (Å²) in [7, 11) is 0. The Kier molecular flexibility index (Phi) is 2.71. The smallest absolute Gasteiger partial charge is 0.126 e. The molecule has 1 rings (SSSR count). The number of halogens is 1. The van der Waals surface area contributed by atoms with E-state index in [0.717, 1.165) is 5.56 Å². The second-order valence-electron chi connectivity index (χ2n) is 4.07. The molecule has 2 heteroatoms. The molecule has 1 N–H and O–H groups in total. The maximum atomic E-state index is 12.9. The SMILES string of the molecule is Cc1cc(CC(C)(C)O)ccc1F. The summed E-state index contributed by atoms with van der Waals surface area (Å²) in [6.07, 6.45) is 0.550. The molecule has 1 aromatic carbocycles. The van der Waals surface area contributed by atoms with Gasteiger partial charge in [0.25, 0.3) is 0 Å². The number of benzene rings is 1. The maximum Gasteiger partial charge on any atom is 0.126 e. The average molecular weight is 182 g/mol. The summed E-state index contributed by atoms with van der Waals surface area (Å²) in [5.74, 6) is -0.195. The lowest BCUT2D eigenvalue weighted by molar-refractivity contribution is 0.0810. The van der Waals surface area contributed by atoms with E-state index >= 15 is 0 Å². The first-order chi connectivity index (χ1) is 5.88. The third-order valence-electron chi connectivity index (χ3n) is 1.86. The van der Waals surface area contributed by atoms with Crippen molar-refractivity contribution >= 4 is 0 Å². The van der Waals surface area contributed by atoms with E-state index in [2.05, 4.69) is 0 Å². The predicted octanol–water partition coefficient (Wildman–Crippen LogP) is 2.45. The molecule has 0 aliphatic carbocycles. The van der Waals surface area contributed by atoms with Gasteiger partial charge < -0.3 is 5.11 Å². The van der Waals surface area contributed by atoms with Crippen LogP contribution in [0.15, 0.2) is 18.2 Å². The van der Waals surface area contributed by atoms with Gasteiger partial charge in [-0.25, -0.2) is 4.39 Å². The van der Waals surface area contributed by atoms with Gasteiger partial charge in [0.2, 0.25) is 0 Å². The van der Waals surface area contributed by atoms with Gasteiger partial charge in [-0.15, -0.1) is 0 Å². The van der Waals surface area contributed by atoms with Crippen LogP contribution in [0.1, 0.15) is 25.0 Å². The molecule has 0 fully saturated rings. The first-order valence-electron chi connectivity index (χ1n) is 4.36. The Bertz CT molecular complexity index is 299. The summed E-state index contributed by atoms with van der Waals surface area (Å²) in [6.45, 7) is 5.21. The summed E-state index contributed by atoms with van der Waals surface area (Å²) in [5.41, 5.74) is 0.859. The third-order valence-corrected chi connectivity index (χ3v) is 1.86. The van der Waals surface area contributed by atoms with Crippen molar-refractivity contribution in [3.8, 4) is 0 Å². The van der Waals surface area contributed by atoms with E-state index in [9.17, 15) is 9.50 Å². The van der Waals surface area contributed by atoms with Crippen LogP contribution in [-0.4, -0.2) is 10.7 Å². The van der Waals surface area contributed by atoms with Crippen molar-refractivity contribution < 1.29 is 9.50 Å². The largest absolute Gasteiger partial charge is 0.390 e. The summed E-state index contributed by atoms with van der Waals surface area (Å²) >= 11 is 0. The molecule has 1 nitrogen and oxygen atoms in total. The first kappa shape index (κ1) is 10.2.